The molecule has 0 N–H and O–H groups in total. The summed E-state index contributed by atoms with van der Waals surface area (Å²) in [7, 11) is 1.60. The molecule has 1 amide bonds. The molecule has 35 heavy (non-hydrogen) atoms. The normalized spacial score (nSPS) is 14.5. The van der Waals surface area contributed by atoms with Gasteiger partial charge in [-0.1, -0.05) is 71.5 Å². The molecule has 178 valence electrons. The summed E-state index contributed by atoms with van der Waals surface area (Å²) in [5.41, 5.74) is 4.60. The standard InChI is InChI=1S/C28H24ClNO3S2/c1-4-5-21-14-20(15-24(32-3)26(21)33-17-19-8-10-22(29)11-9-19)16-25-27(31)30(28(34)35-25)23-12-6-18(2)7-13-23/h4,6-16H,1,5,17H2,2-3H3/b25-16+. The van der Waals surface area contributed by atoms with Gasteiger partial charge in [-0.2, -0.15) is 0 Å². The molecule has 0 atom stereocenters. The number of allylic oxidation sites excluding steroid dienone is 1. The molecule has 4 rings (SSSR count). The van der Waals surface area contributed by atoms with Crippen molar-refractivity contribution in [3.8, 4) is 11.5 Å². The lowest BCUT2D eigenvalue weighted by Gasteiger charge is -2.16. The Balaban J connectivity index is 1.63. The smallest absolute Gasteiger partial charge is 0.270 e. The molecule has 7 heteroatoms. The summed E-state index contributed by atoms with van der Waals surface area (Å²) in [6.07, 6.45) is 4.23. The van der Waals surface area contributed by atoms with Crippen LogP contribution in [-0.2, 0) is 17.8 Å². The van der Waals surface area contributed by atoms with Crippen molar-refractivity contribution < 1.29 is 14.3 Å². The van der Waals surface area contributed by atoms with Crippen LogP contribution in [-0.4, -0.2) is 17.3 Å². The number of carbonyl (C=O) groups is 1. The third-order valence-corrected chi connectivity index (χ3v) is 6.97. The molecule has 0 radical (unpaired) electrons. The number of rotatable bonds is 8. The molecule has 0 bridgehead atoms. The number of benzene rings is 3. The highest BCUT2D eigenvalue weighted by molar-refractivity contribution is 8.27. The van der Waals surface area contributed by atoms with Crippen LogP contribution in [0.3, 0.4) is 0 Å². The van der Waals surface area contributed by atoms with Gasteiger partial charge in [-0.25, -0.2) is 0 Å². The Morgan fingerprint density at radius 1 is 1.11 bits per heavy atom. The zero-order valence-electron chi connectivity index (χ0n) is 19.4. The number of anilines is 1. The Bertz CT molecular complexity index is 1300. The average molecular weight is 522 g/mol. The van der Waals surface area contributed by atoms with E-state index in [9.17, 15) is 4.79 Å². The Labute approximate surface area is 220 Å². The van der Waals surface area contributed by atoms with Gasteiger partial charge in [0.1, 0.15) is 6.61 Å². The number of hydrogen-bond acceptors (Lipinski definition) is 5. The Kier molecular flexibility index (Phi) is 7.96. The predicted molar refractivity (Wildman–Crippen MR) is 150 cm³/mol. The topological polar surface area (TPSA) is 38.8 Å². The summed E-state index contributed by atoms with van der Waals surface area (Å²) < 4.78 is 12.3. The first kappa shape index (κ1) is 25.0. The molecule has 1 aliphatic rings. The lowest BCUT2D eigenvalue weighted by Crippen LogP contribution is -2.27. The van der Waals surface area contributed by atoms with Crippen LogP contribution in [0.5, 0.6) is 11.5 Å². The minimum absolute atomic E-state index is 0.142. The first-order chi connectivity index (χ1) is 16.9. The van der Waals surface area contributed by atoms with E-state index in [1.54, 1.807) is 12.0 Å². The summed E-state index contributed by atoms with van der Waals surface area (Å²) in [6.45, 7) is 6.25. The molecule has 0 aliphatic carbocycles. The predicted octanol–water partition coefficient (Wildman–Crippen LogP) is 7.37. The third kappa shape index (κ3) is 5.78. The second-order valence-electron chi connectivity index (χ2n) is 7.97. The molecular weight excluding hydrogens is 498 g/mol. The first-order valence-electron chi connectivity index (χ1n) is 10.9. The fourth-order valence-electron chi connectivity index (χ4n) is 3.66. The SMILES string of the molecule is C=CCc1cc(/C=C2/SC(=S)N(c3ccc(C)cc3)C2=O)cc(OC)c1OCc1ccc(Cl)cc1. The highest BCUT2D eigenvalue weighted by atomic mass is 35.5. The number of amides is 1. The van der Waals surface area contributed by atoms with Crippen molar-refractivity contribution in [2.45, 2.75) is 20.0 Å². The van der Waals surface area contributed by atoms with E-state index in [0.29, 0.717) is 38.8 Å². The van der Waals surface area contributed by atoms with E-state index in [2.05, 4.69) is 6.58 Å². The Morgan fingerprint density at radius 3 is 2.49 bits per heavy atom. The molecule has 0 unspecified atom stereocenters. The van der Waals surface area contributed by atoms with Gasteiger partial charge in [0.2, 0.25) is 0 Å². The van der Waals surface area contributed by atoms with Crippen molar-refractivity contribution in [2.75, 3.05) is 12.0 Å². The summed E-state index contributed by atoms with van der Waals surface area (Å²) in [5.74, 6) is 1.08. The van der Waals surface area contributed by atoms with Gasteiger partial charge in [-0.05, 0) is 66.9 Å². The number of hydrogen-bond donors (Lipinski definition) is 0. The number of thiocarbonyl (C=S) groups is 1. The zero-order chi connectivity index (χ0) is 24.9. The van der Waals surface area contributed by atoms with Crippen molar-refractivity contribution in [1.82, 2.24) is 0 Å². The fraction of sp³-hybridized carbons (Fsp3) is 0.143. The van der Waals surface area contributed by atoms with Gasteiger partial charge in [-0.3, -0.25) is 9.69 Å². The second-order valence-corrected chi connectivity index (χ2v) is 10.1. The van der Waals surface area contributed by atoms with Crippen LogP contribution in [0.1, 0.15) is 22.3 Å². The number of methoxy groups -OCH3 is 1. The van der Waals surface area contributed by atoms with Crippen LogP contribution < -0.4 is 14.4 Å². The van der Waals surface area contributed by atoms with Gasteiger partial charge in [-0.15, -0.1) is 6.58 Å². The van der Waals surface area contributed by atoms with Gasteiger partial charge in [0, 0.05) is 10.6 Å². The van der Waals surface area contributed by atoms with Crippen molar-refractivity contribution in [3.05, 3.63) is 106 Å². The third-order valence-electron chi connectivity index (χ3n) is 5.42. The molecule has 0 saturated carbocycles. The van der Waals surface area contributed by atoms with E-state index in [0.717, 1.165) is 27.9 Å². The zero-order valence-corrected chi connectivity index (χ0v) is 21.8. The molecule has 0 aromatic heterocycles. The average Bonchev–Trinajstić information content (AvgIpc) is 3.12. The molecule has 1 saturated heterocycles. The lowest BCUT2D eigenvalue weighted by molar-refractivity contribution is -0.113. The summed E-state index contributed by atoms with van der Waals surface area (Å²) >= 11 is 12.8. The fourth-order valence-corrected chi connectivity index (χ4v) is 5.09. The summed E-state index contributed by atoms with van der Waals surface area (Å²) in [5, 5.41) is 0.677. The van der Waals surface area contributed by atoms with Gasteiger partial charge in [0.05, 0.1) is 17.7 Å². The Morgan fingerprint density at radius 2 is 1.83 bits per heavy atom. The Hall–Kier alpha value is -3.06. The van der Waals surface area contributed by atoms with Gasteiger partial charge < -0.3 is 9.47 Å². The van der Waals surface area contributed by atoms with Crippen molar-refractivity contribution in [3.63, 3.8) is 0 Å². The first-order valence-corrected chi connectivity index (χ1v) is 12.5. The monoisotopic (exact) mass is 521 g/mol. The van der Waals surface area contributed by atoms with Crippen LogP contribution in [0.25, 0.3) is 6.08 Å². The van der Waals surface area contributed by atoms with E-state index in [4.69, 9.17) is 33.3 Å². The quantitative estimate of drug-likeness (QED) is 0.176. The van der Waals surface area contributed by atoms with Gasteiger partial charge in [0.25, 0.3) is 5.91 Å². The minimum Gasteiger partial charge on any atom is -0.493 e. The minimum atomic E-state index is -0.142. The van der Waals surface area contributed by atoms with E-state index >= 15 is 0 Å². The van der Waals surface area contributed by atoms with Crippen LogP contribution in [0.15, 0.2) is 78.2 Å². The number of thioether (sulfide) groups is 1. The number of ether oxygens (including phenoxy) is 2. The van der Waals surface area contributed by atoms with Crippen molar-refractivity contribution in [2.24, 2.45) is 0 Å². The number of nitrogens with zero attached hydrogens (tertiary/aromatic N) is 1. The summed E-state index contributed by atoms with van der Waals surface area (Å²) in [4.78, 5) is 15.3. The largest absolute Gasteiger partial charge is 0.493 e. The second kappa shape index (κ2) is 11.1. The van der Waals surface area contributed by atoms with Crippen molar-refractivity contribution in [1.29, 1.82) is 0 Å². The van der Waals surface area contributed by atoms with E-state index < -0.39 is 0 Å². The molecule has 0 spiro atoms. The maximum Gasteiger partial charge on any atom is 0.270 e. The summed E-state index contributed by atoms with van der Waals surface area (Å²) in [6, 6.07) is 19.1. The number of aryl methyl sites for hydroxylation is 1. The molecular formula is C28H24ClNO3S2. The van der Waals surface area contributed by atoms with Crippen LogP contribution in [0.2, 0.25) is 5.02 Å². The number of halogens is 1. The lowest BCUT2D eigenvalue weighted by atomic mass is 10.0. The van der Waals surface area contributed by atoms with E-state index in [-0.39, 0.29) is 5.91 Å². The van der Waals surface area contributed by atoms with Crippen LogP contribution in [0.4, 0.5) is 5.69 Å². The van der Waals surface area contributed by atoms with Crippen LogP contribution >= 0.6 is 35.6 Å². The van der Waals surface area contributed by atoms with E-state index in [1.807, 2.05) is 79.7 Å². The molecule has 4 nitrogen and oxygen atoms in total. The molecule has 3 aromatic carbocycles. The maximum atomic E-state index is 13.2. The van der Waals surface area contributed by atoms with Gasteiger partial charge in [0.15, 0.2) is 15.8 Å². The maximum absolute atomic E-state index is 13.2. The highest BCUT2D eigenvalue weighted by Gasteiger charge is 2.33. The highest BCUT2D eigenvalue weighted by Crippen LogP contribution is 2.39. The number of carbonyl (C=O) groups excluding carboxylic acids is 1. The molecule has 1 heterocycles. The molecule has 3 aromatic rings. The molecule has 1 aliphatic heterocycles. The van der Waals surface area contributed by atoms with Crippen LogP contribution in [0, 0.1) is 6.92 Å². The van der Waals surface area contributed by atoms with Crippen molar-refractivity contribution >= 4 is 57.6 Å². The molecule has 1 fully saturated rings. The van der Waals surface area contributed by atoms with Gasteiger partial charge >= 0.3 is 0 Å². The van der Waals surface area contributed by atoms with E-state index in [1.165, 1.54) is 11.8 Å².